The standard InChI is InChI=1S/C24H26N2O3/c27-21(19-12-6-2-7-13-19)17-26-23(28)22(20-14-8-3-9-15-20)25(24(26)29)16-18-10-4-1-5-11-18/h1,3-5,8-11,14-15,19,22H,2,6-7,12-13,16-17H2. The van der Waals surface area contributed by atoms with Crippen molar-refractivity contribution in [2.24, 2.45) is 5.92 Å². The molecule has 0 radical (unpaired) electrons. The summed E-state index contributed by atoms with van der Waals surface area (Å²) in [6.07, 6.45) is 4.98. The highest BCUT2D eigenvalue weighted by atomic mass is 16.2. The van der Waals surface area contributed by atoms with Crippen molar-refractivity contribution >= 4 is 17.7 Å². The third-order valence-electron chi connectivity index (χ3n) is 5.97. The Hall–Kier alpha value is -2.95. The van der Waals surface area contributed by atoms with Gasteiger partial charge >= 0.3 is 6.03 Å². The van der Waals surface area contributed by atoms with Gasteiger partial charge in [0.15, 0.2) is 5.78 Å². The first-order valence-corrected chi connectivity index (χ1v) is 10.4. The summed E-state index contributed by atoms with van der Waals surface area (Å²) < 4.78 is 0. The molecule has 1 saturated carbocycles. The molecule has 4 rings (SSSR count). The summed E-state index contributed by atoms with van der Waals surface area (Å²) in [5.41, 5.74) is 1.73. The van der Waals surface area contributed by atoms with Crippen LogP contribution in [0.2, 0.25) is 0 Å². The first-order chi connectivity index (χ1) is 14.1. The Bertz CT molecular complexity index is 876. The van der Waals surface area contributed by atoms with Crippen molar-refractivity contribution in [2.45, 2.75) is 44.7 Å². The SMILES string of the molecule is O=C(CN1C(=O)C(c2ccccc2)N(Cc2ccccc2)C1=O)C1CCCCC1. The maximum absolute atomic E-state index is 13.2. The molecule has 0 bridgehead atoms. The van der Waals surface area contributed by atoms with Gasteiger partial charge in [0.1, 0.15) is 6.04 Å². The third kappa shape index (κ3) is 4.09. The first kappa shape index (κ1) is 19.4. The van der Waals surface area contributed by atoms with Gasteiger partial charge in [0.25, 0.3) is 5.91 Å². The van der Waals surface area contributed by atoms with E-state index in [1.165, 1.54) is 0 Å². The predicted molar refractivity (Wildman–Crippen MR) is 110 cm³/mol. The Kier molecular flexibility index (Phi) is 5.74. The number of Topliss-reactive ketones (excluding diaryl/α,β-unsaturated/α-hetero) is 1. The minimum Gasteiger partial charge on any atom is -0.304 e. The summed E-state index contributed by atoms with van der Waals surface area (Å²) in [5.74, 6) is -0.316. The molecule has 150 valence electrons. The lowest BCUT2D eigenvalue weighted by Gasteiger charge is -2.23. The molecule has 1 aliphatic heterocycles. The molecule has 29 heavy (non-hydrogen) atoms. The third-order valence-corrected chi connectivity index (χ3v) is 5.97. The van der Waals surface area contributed by atoms with E-state index in [2.05, 4.69) is 0 Å². The number of imide groups is 1. The Labute approximate surface area is 171 Å². The van der Waals surface area contributed by atoms with E-state index in [0.717, 1.165) is 48.1 Å². The van der Waals surface area contributed by atoms with Gasteiger partial charge in [0.05, 0.1) is 6.54 Å². The summed E-state index contributed by atoms with van der Waals surface area (Å²) in [4.78, 5) is 42.0. The second-order valence-electron chi connectivity index (χ2n) is 7.93. The molecule has 1 unspecified atom stereocenters. The number of hydrogen-bond donors (Lipinski definition) is 0. The number of nitrogens with zero attached hydrogens (tertiary/aromatic N) is 2. The maximum atomic E-state index is 13.2. The largest absolute Gasteiger partial charge is 0.328 e. The lowest BCUT2D eigenvalue weighted by molar-refractivity contribution is -0.133. The van der Waals surface area contributed by atoms with E-state index < -0.39 is 6.04 Å². The molecule has 5 heteroatoms. The molecular formula is C24H26N2O3. The highest BCUT2D eigenvalue weighted by Crippen LogP contribution is 2.33. The van der Waals surface area contributed by atoms with E-state index >= 15 is 0 Å². The van der Waals surface area contributed by atoms with Crippen LogP contribution in [0.1, 0.15) is 49.3 Å². The Morgan fingerprint density at radius 3 is 2.14 bits per heavy atom. The van der Waals surface area contributed by atoms with E-state index in [0.29, 0.717) is 6.54 Å². The van der Waals surface area contributed by atoms with Gasteiger partial charge in [-0.25, -0.2) is 4.79 Å². The van der Waals surface area contributed by atoms with Gasteiger partial charge in [-0.3, -0.25) is 14.5 Å². The van der Waals surface area contributed by atoms with Gasteiger partial charge in [0.2, 0.25) is 0 Å². The van der Waals surface area contributed by atoms with E-state index in [1.54, 1.807) is 4.90 Å². The van der Waals surface area contributed by atoms with Crippen LogP contribution in [-0.2, 0) is 16.1 Å². The molecule has 5 nitrogen and oxygen atoms in total. The normalized spacial score (nSPS) is 20.3. The number of amides is 3. The van der Waals surface area contributed by atoms with Gasteiger partial charge in [0, 0.05) is 12.5 Å². The average molecular weight is 390 g/mol. The number of carbonyl (C=O) groups excluding carboxylic acids is 3. The van der Waals surface area contributed by atoms with E-state index in [9.17, 15) is 14.4 Å². The first-order valence-electron chi connectivity index (χ1n) is 10.4. The summed E-state index contributed by atoms with van der Waals surface area (Å²) in [7, 11) is 0. The van der Waals surface area contributed by atoms with Crippen LogP contribution in [0.25, 0.3) is 0 Å². The zero-order chi connectivity index (χ0) is 20.2. The van der Waals surface area contributed by atoms with Crippen molar-refractivity contribution in [3.05, 3.63) is 71.8 Å². The van der Waals surface area contributed by atoms with E-state index in [-0.39, 0.29) is 30.2 Å². The van der Waals surface area contributed by atoms with Crippen LogP contribution >= 0.6 is 0 Å². The van der Waals surface area contributed by atoms with Gasteiger partial charge in [-0.15, -0.1) is 0 Å². The van der Waals surface area contributed by atoms with Gasteiger partial charge < -0.3 is 4.90 Å². The predicted octanol–water partition coefficient (Wildman–Crippen LogP) is 4.34. The van der Waals surface area contributed by atoms with E-state index in [4.69, 9.17) is 0 Å². The molecule has 1 atom stereocenters. The van der Waals surface area contributed by atoms with Gasteiger partial charge in [-0.05, 0) is 24.0 Å². The fourth-order valence-electron chi connectivity index (χ4n) is 4.39. The number of hydrogen-bond acceptors (Lipinski definition) is 3. The molecule has 1 saturated heterocycles. The molecule has 0 aromatic heterocycles. The molecule has 2 aromatic carbocycles. The molecular weight excluding hydrogens is 364 g/mol. The Morgan fingerprint density at radius 1 is 0.862 bits per heavy atom. The van der Waals surface area contributed by atoms with Crippen LogP contribution in [-0.4, -0.2) is 34.1 Å². The molecule has 2 fully saturated rings. The zero-order valence-corrected chi connectivity index (χ0v) is 16.5. The second-order valence-corrected chi connectivity index (χ2v) is 7.93. The average Bonchev–Trinajstić information content (AvgIpc) is 3.00. The Balaban J connectivity index is 1.59. The number of urea groups is 1. The lowest BCUT2D eigenvalue weighted by atomic mass is 9.86. The molecule has 2 aromatic rings. The highest BCUT2D eigenvalue weighted by Gasteiger charge is 2.46. The van der Waals surface area contributed by atoms with Crippen LogP contribution in [0.5, 0.6) is 0 Å². The molecule has 2 aliphatic rings. The lowest BCUT2D eigenvalue weighted by Crippen LogP contribution is -2.39. The topological polar surface area (TPSA) is 57.7 Å². The van der Waals surface area contributed by atoms with Crippen molar-refractivity contribution < 1.29 is 14.4 Å². The quantitative estimate of drug-likeness (QED) is 0.690. The van der Waals surface area contributed by atoms with Crippen molar-refractivity contribution in [1.82, 2.24) is 9.80 Å². The summed E-state index contributed by atoms with van der Waals surface area (Å²) in [5, 5.41) is 0. The number of carbonyl (C=O) groups is 3. The van der Waals surface area contributed by atoms with Crippen molar-refractivity contribution in [1.29, 1.82) is 0 Å². The number of ketones is 1. The highest BCUT2D eigenvalue weighted by molar-refractivity contribution is 6.07. The van der Waals surface area contributed by atoms with Crippen LogP contribution in [0, 0.1) is 5.92 Å². The molecule has 3 amide bonds. The Morgan fingerprint density at radius 2 is 1.48 bits per heavy atom. The number of rotatable bonds is 6. The van der Waals surface area contributed by atoms with Crippen LogP contribution in [0.15, 0.2) is 60.7 Å². The molecule has 0 N–H and O–H groups in total. The maximum Gasteiger partial charge on any atom is 0.328 e. The van der Waals surface area contributed by atoms with Crippen molar-refractivity contribution in [3.63, 3.8) is 0 Å². The fraction of sp³-hybridized carbons (Fsp3) is 0.375. The smallest absolute Gasteiger partial charge is 0.304 e. The summed E-state index contributed by atoms with van der Waals surface area (Å²) in [6.45, 7) is 0.218. The van der Waals surface area contributed by atoms with E-state index in [1.807, 2.05) is 60.7 Å². The van der Waals surface area contributed by atoms with Crippen LogP contribution in [0.3, 0.4) is 0 Å². The van der Waals surface area contributed by atoms with Crippen molar-refractivity contribution in [3.8, 4) is 0 Å². The van der Waals surface area contributed by atoms with Gasteiger partial charge in [-0.1, -0.05) is 79.9 Å². The zero-order valence-electron chi connectivity index (χ0n) is 16.5. The van der Waals surface area contributed by atoms with Crippen LogP contribution < -0.4 is 0 Å². The fourth-order valence-corrected chi connectivity index (χ4v) is 4.39. The van der Waals surface area contributed by atoms with Crippen molar-refractivity contribution in [2.75, 3.05) is 6.54 Å². The molecule has 1 heterocycles. The van der Waals surface area contributed by atoms with Gasteiger partial charge in [-0.2, -0.15) is 0 Å². The number of benzene rings is 2. The molecule has 1 aliphatic carbocycles. The molecule has 0 spiro atoms. The van der Waals surface area contributed by atoms with Crippen LogP contribution in [0.4, 0.5) is 4.79 Å². The summed E-state index contributed by atoms with van der Waals surface area (Å²) >= 11 is 0. The second kappa shape index (κ2) is 8.60. The minimum atomic E-state index is -0.692. The monoisotopic (exact) mass is 390 g/mol. The minimum absolute atomic E-state index is 0.0137. The summed E-state index contributed by atoms with van der Waals surface area (Å²) in [6, 6.07) is 17.9.